The number of nitrogens with zero attached hydrogens (tertiary/aromatic N) is 2. The van der Waals surface area contributed by atoms with Gasteiger partial charge in [-0.2, -0.15) is 0 Å². The van der Waals surface area contributed by atoms with Crippen LogP contribution in [-0.4, -0.2) is 29.4 Å². The van der Waals surface area contributed by atoms with E-state index in [1.54, 1.807) is 80.5 Å². The molecule has 2 nitrogen and oxygen atoms in total. The van der Waals surface area contributed by atoms with Crippen LogP contribution < -0.4 is 16.1 Å². The van der Waals surface area contributed by atoms with Crippen LogP contribution in [0.4, 0.5) is 0 Å². The highest BCUT2D eigenvalue weighted by Crippen LogP contribution is 2.72. The topological polar surface area (TPSA) is 25.8 Å². The molecule has 5 heteroatoms. The molecule has 2 aromatic heterocycles. The number of pyridine rings is 2. The molecule has 0 amide bonds. The number of benzene rings is 1. The summed E-state index contributed by atoms with van der Waals surface area (Å²) in [6, 6.07) is 21.0. The highest BCUT2D eigenvalue weighted by atomic mass is 31.1. The smallest absolute Gasteiger partial charge is 0.0776 e. The predicted molar refractivity (Wildman–Crippen MR) is 200 cm³/mol. The molecule has 8 aliphatic carbocycles. The second-order valence-electron chi connectivity index (χ2n) is 17.7. The van der Waals surface area contributed by atoms with Crippen LogP contribution in [0.25, 0.3) is 0 Å². The zero-order valence-corrected chi connectivity index (χ0v) is 31.2. The average Bonchev–Trinajstić information content (AvgIpc) is 3.03. The number of rotatable bonds is 9. The summed E-state index contributed by atoms with van der Waals surface area (Å²) in [6.45, 7) is 7.59. The summed E-state index contributed by atoms with van der Waals surface area (Å²) in [4.78, 5) is 9.92. The van der Waals surface area contributed by atoms with Gasteiger partial charge in [-0.3, -0.25) is 9.97 Å². The molecule has 0 N–H and O–H groups in total. The van der Waals surface area contributed by atoms with Gasteiger partial charge in [-0.15, -0.1) is 0 Å². The summed E-state index contributed by atoms with van der Waals surface area (Å²) in [5.41, 5.74) is 7.90. The van der Waals surface area contributed by atoms with Crippen molar-refractivity contribution in [1.82, 2.24) is 9.97 Å². The van der Waals surface area contributed by atoms with Gasteiger partial charge in [0.25, 0.3) is 0 Å². The lowest BCUT2D eigenvalue weighted by Crippen LogP contribution is -2.52. The van der Waals surface area contributed by atoms with E-state index in [4.69, 9.17) is 9.97 Å². The van der Waals surface area contributed by atoms with Crippen molar-refractivity contribution in [3.8, 4) is 0 Å². The summed E-state index contributed by atoms with van der Waals surface area (Å²) in [6.07, 6.45) is 22.2. The van der Waals surface area contributed by atoms with Crippen molar-refractivity contribution in [3.05, 3.63) is 78.1 Å². The Morgan fingerprint density at radius 1 is 0.565 bits per heavy atom. The summed E-state index contributed by atoms with van der Waals surface area (Å²) in [5.74, 6) is 8.46. The maximum Gasteiger partial charge on any atom is 0.0776 e. The lowest BCUT2D eigenvalue weighted by atomic mass is 9.55. The third kappa shape index (κ3) is 5.71. The molecule has 8 fully saturated rings. The third-order valence-corrected chi connectivity index (χ3v) is 22.0. The minimum absolute atomic E-state index is 0.0369. The SMILES string of the molecule is C[Si](C)(C)c1ccc(CP(C2C3CC4CC(C3)CC2C4)C2C3CC4CC(C3)CC2C4)c(CP(c2ccccn2)c2ccccn2)c1. The van der Waals surface area contributed by atoms with Crippen LogP contribution in [0.2, 0.25) is 19.6 Å². The van der Waals surface area contributed by atoms with Gasteiger partial charge in [-0.05, 0) is 164 Å². The van der Waals surface area contributed by atoms with Gasteiger partial charge >= 0.3 is 0 Å². The summed E-state index contributed by atoms with van der Waals surface area (Å²) in [5, 5.41) is 1.62. The van der Waals surface area contributed by atoms with Gasteiger partial charge < -0.3 is 0 Å². The number of aromatic nitrogens is 2. The first-order valence-corrected chi connectivity index (χ1v) is 25.5. The van der Waals surface area contributed by atoms with Crippen molar-refractivity contribution in [1.29, 1.82) is 0 Å². The number of hydrogen-bond donors (Lipinski definition) is 0. The molecule has 0 spiro atoms. The highest BCUT2D eigenvalue weighted by molar-refractivity contribution is 7.71. The molecule has 0 unspecified atom stereocenters. The van der Waals surface area contributed by atoms with E-state index < -0.39 is 16.0 Å². The summed E-state index contributed by atoms with van der Waals surface area (Å²) < 4.78 is 0. The van der Waals surface area contributed by atoms with E-state index in [2.05, 4.69) is 74.2 Å². The van der Waals surface area contributed by atoms with Crippen LogP contribution in [0, 0.1) is 47.3 Å². The third-order valence-electron chi connectivity index (χ3n) is 13.7. The van der Waals surface area contributed by atoms with Gasteiger partial charge in [0.05, 0.1) is 18.9 Å². The largest absolute Gasteiger partial charge is 0.256 e. The van der Waals surface area contributed by atoms with E-state index in [9.17, 15) is 0 Å². The van der Waals surface area contributed by atoms with Crippen molar-refractivity contribution < 1.29 is 0 Å². The van der Waals surface area contributed by atoms with Gasteiger partial charge in [-0.25, -0.2) is 0 Å². The Bertz CT molecular complexity index is 1400. The van der Waals surface area contributed by atoms with E-state index in [-0.39, 0.29) is 7.92 Å². The summed E-state index contributed by atoms with van der Waals surface area (Å²) in [7, 11) is -2.16. The minimum Gasteiger partial charge on any atom is -0.256 e. The molecular weight excluding hydrogens is 610 g/mol. The van der Waals surface area contributed by atoms with Gasteiger partial charge in [0.15, 0.2) is 0 Å². The van der Waals surface area contributed by atoms with Crippen LogP contribution in [0.1, 0.15) is 75.3 Å². The molecule has 2 heterocycles. The minimum atomic E-state index is -1.46. The number of hydrogen-bond acceptors (Lipinski definition) is 2. The van der Waals surface area contributed by atoms with E-state index in [1.807, 2.05) is 12.4 Å². The molecule has 11 rings (SSSR count). The standard InChI is InChI=1S/C41H54N2P2Si/c1-46(2,3)37-11-10-31(36(24-37)26-44(38-8-4-6-12-42-38)39-9-5-7-13-43-39)25-45(40-32-16-27-14-28(18-32)19-33(40)17-27)41-34-20-29-15-30(22-34)23-35(41)21-29/h4-13,24,27-30,32-35,40-41H,14-23,25-26H2,1-3H3. The fourth-order valence-electron chi connectivity index (χ4n) is 12.4. The monoisotopic (exact) mass is 664 g/mol. The molecule has 8 saturated carbocycles. The van der Waals surface area contributed by atoms with Crippen LogP contribution in [0.3, 0.4) is 0 Å². The highest BCUT2D eigenvalue weighted by Gasteiger charge is 2.56. The van der Waals surface area contributed by atoms with Gasteiger partial charge in [0, 0.05) is 26.5 Å². The first kappa shape index (κ1) is 30.6. The van der Waals surface area contributed by atoms with Crippen molar-refractivity contribution in [2.75, 3.05) is 0 Å². The average molecular weight is 665 g/mol. The Kier molecular flexibility index (Phi) is 8.11. The molecule has 1 aromatic carbocycles. The van der Waals surface area contributed by atoms with Crippen molar-refractivity contribution in [2.24, 2.45) is 47.3 Å². The molecule has 8 aliphatic rings. The van der Waals surface area contributed by atoms with E-state index >= 15 is 0 Å². The second-order valence-corrected chi connectivity index (χ2v) is 27.4. The van der Waals surface area contributed by atoms with Crippen molar-refractivity contribution in [3.63, 3.8) is 0 Å². The van der Waals surface area contributed by atoms with Gasteiger partial charge in [-0.1, -0.05) is 63.1 Å². The lowest BCUT2D eigenvalue weighted by molar-refractivity contribution is 0.0129. The van der Waals surface area contributed by atoms with Gasteiger partial charge in [0.1, 0.15) is 0 Å². The zero-order chi connectivity index (χ0) is 31.0. The van der Waals surface area contributed by atoms with Crippen molar-refractivity contribution >= 4 is 40.0 Å². The Morgan fingerprint density at radius 3 is 1.46 bits per heavy atom. The normalized spacial score (nSPS) is 36.4. The van der Waals surface area contributed by atoms with Crippen LogP contribution in [-0.2, 0) is 12.3 Å². The van der Waals surface area contributed by atoms with Crippen LogP contribution >= 0.6 is 15.8 Å². The van der Waals surface area contributed by atoms with Crippen LogP contribution in [0.15, 0.2) is 67.0 Å². The molecule has 0 saturated heterocycles. The fraction of sp³-hybridized carbons (Fsp3) is 0.610. The van der Waals surface area contributed by atoms with E-state index in [0.717, 1.165) is 64.8 Å². The van der Waals surface area contributed by atoms with Crippen LogP contribution in [0.5, 0.6) is 0 Å². The first-order chi connectivity index (χ1) is 22.4. The Hall–Kier alpha value is -1.40. The van der Waals surface area contributed by atoms with E-state index in [1.165, 1.54) is 17.0 Å². The van der Waals surface area contributed by atoms with Crippen molar-refractivity contribution in [2.45, 2.75) is 107 Å². The van der Waals surface area contributed by atoms with Gasteiger partial charge in [0.2, 0.25) is 0 Å². The second kappa shape index (κ2) is 12.2. The lowest BCUT2D eigenvalue weighted by Gasteiger charge is -2.62. The molecule has 46 heavy (non-hydrogen) atoms. The zero-order valence-electron chi connectivity index (χ0n) is 28.4. The van der Waals surface area contributed by atoms with E-state index in [0.29, 0.717) is 0 Å². The molecule has 8 bridgehead atoms. The summed E-state index contributed by atoms with van der Waals surface area (Å²) >= 11 is 0. The predicted octanol–water partition coefficient (Wildman–Crippen LogP) is 9.29. The Labute approximate surface area is 281 Å². The molecule has 0 atom stereocenters. The maximum absolute atomic E-state index is 4.96. The molecule has 0 radical (unpaired) electrons. The molecule has 0 aliphatic heterocycles. The maximum atomic E-state index is 4.96. The first-order valence-electron chi connectivity index (χ1n) is 18.8. The molecule has 3 aromatic rings. The molecular formula is C41H54N2P2Si. The molecule has 242 valence electrons. The quantitative estimate of drug-likeness (QED) is 0.168. The fourth-order valence-corrected chi connectivity index (χ4v) is 20.3. The Balaban J connectivity index is 1.12. The Morgan fingerprint density at radius 2 is 1.04 bits per heavy atom.